The molecule has 0 amide bonds. The fraction of sp³-hybridized carbons (Fsp3) is 0.417. The van der Waals surface area contributed by atoms with Crippen molar-refractivity contribution >= 4 is 11.6 Å². The molecule has 5 rings (SSSR count). The summed E-state index contributed by atoms with van der Waals surface area (Å²) in [5.74, 6) is 0.382. The van der Waals surface area contributed by atoms with Gasteiger partial charge in [0, 0.05) is 37.1 Å². The molecule has 0 bridgehead atoms. The van der Waals surface area contributed by atoms with Crippen LogP contribution in [-0.4, -0.2) is 39.6 Å². The number of aromatic nitrogens is 4. The summed E-state index contributed by atoms with van der Waals surface area (Å²) in [6, 6.07) is 7.37. The van der Waals surface area contributed by atoms with Crippen molar-refractivity contribution in [2.75, 3.05) is 25.1 Å². The van der Waals surface area contributed by atoms with Gasteiger partial charge < -0.3 is 14.8 Å². The van der Waals surface area contributed by atoms with Gasteiger partial charge in [0.1, 0.15) is 0 Å². The predicted octanol–water partition coefficient (Wildman–Crippen LogP) is 4.42. The zero-order chi connectivity index (χ0) is 22.8. The van der Waals surface area contributed by atoms with Gasteiger partial charge in [-0.2, -0.15) is 10.4 Å². The second-order valence-electron chi connectivity index (χ2n) is 8.59. The van der Waals surface area contributed by atoms with E-state index in [1.165, 1.54) is 6.07 Å². The van der Waals surface area contributed by atoms with Crippen LogP contribution < -0.4 is 10.1 Å². The Balaban J connectivity index is 1.29. The van der Waals surface area contributed by atoms with Crippen LogP contribution in [0.25, 0.3) is 11.3 Å². The van der Waals surface area contributed by atoms with Gasteiger partial charge in [0.2, 0.25) is 5.95 Å². The number of nitrogens with zero attached hydrogens (tertiary/aromatic N) is 5. The average molecular weight is 449 g/mol. The number of anilines is 2. The second kappa shape index (κ2) is 9.16. The molecular formula is C24H25FN6O2. The van der Waals surface area contributed by atoms with E-state index in [1.807, 2.05) is 17.8 Å². The zero-order valence-electron chi connectivity index (χ0n) is 18.4. The van der Waals surface area contributed by atoms with E-state index >= 15 is 0 Å². The molecule has 8 nitrogen and oxygen atoms in total. The SMILES string of the molecule is Cc1cnc(Nc2cnn(C3CCOCC3)c2)nc1-c1ccc(OCC2CC2C#N)c(F)c1. The number of nitriles is 1. The Morgan fingerprint density at radius 3 is 2.91 bits per heavy atom. The first-order valence-electron chi connectivity index (χ1n) is 11.2. The maximum absolute atomic E-state index is 14.7. The first kappa shape index (κ1) is 21.3. The van der Waals surface area contributed by atoms with Crippen LogP contribution in [-0.2, 0) is 4.74 Å². The Morgan fingerprint density at radius 1 is 1.30 bits per heavy atom. The summed E-state index contributed by atoms with van der Waals surface area (Å²) in [4.78, 5) is 8.98. The number of ether oxygens (including phenoxy) is 2. The maximum Gasteiger partial charge on any atom is 0.227 e. The van der Waals surface area contributed by atoms with Crippen LogP contribution in [0.3, 0.4) is 0 Å². The summed E-state index contributed by atoms with van der Waals surface area (Å²) >= 11 is 0. The number of nitrogens with one attached hydrogen (secondary N) is 1. The van der Waals surface area contributed by atoms with Crippen LogP contribution in [0.5, 0.6) is 5.75 Å². The van der Waals surface area contributed by atoms with Crippen molar-refractivity contribution in [3.05, 3.63) is 48.2 Å². The lowest BCUT2D eigenvalue weighted by molar-refractivity contribution is 0.0662. The molecule has 33 heavy (non-hydrogen) atoms. The minimum Gasteiger partial charge on any atom is -0.490 e. The average Bonchev–Trinajstić information content (AvgIpc) is 3.45. The topological polar surface area (TPSA) is 97.9 Å². The Kier molecular flexibility index (Phi) is 5.92. The van der Waals surface area contributed by atoms with Crippen LogP contribution in [0.2, 0.25) is 0 Å². The molecule has 2 atom stereocenters. The van der Waals surface area contributed by atoms with Crippen LogP contribution in [0.1, 0.15) is 30.9 Å². The third kappa shape index (κ3) is 4.81. The van der Waals surface area contributed by atoms with Crippen molar-refractivity contribution in [2.45, 2.75) is 32.2 Å². The highest BCUT2D eigenvalue weighted by Crippen LogP contribution is 2.38. The second-order valence-corrected chi connectivity index (χ2v) is 8.59. The highest BCUT2D eigenvalue weighted by Gasteiger charge is 2.37. The van der Waals surface area contributed by atoms with E-state index in [0.717, 1.165) is 43.7 Å². The zero-order valence-corrected chi connectivity index (χ0v) is 18.4. The molecule has 2 aliphatic rings. The van der Waals surface area contributed by atoms with Crippen LogP contribution in [0.4, 0.5) is 16.0 Å². The summed E-state index contributed by atoms with van der Waals surface area (Å²) in [6.45, 7) is 3.74. The van der Waals surface area contributed by atoms with E-state index in [9.17, 15) is 4.39 Å². The molecule has 170 valence electrons. The summed E-state index contributed by atoms with van der Waals surface area (Å²) in [5, 5.41) is 16.5. The molecule has 1 aromatic carbocycles. The largest absolute Gasteiger partial charge is 0.490 e. The summed E-state index contributed by atoms with van der Waals surface area (Å²) in [7, 11) is 0. The molecule has 2 fully saturated rings. The van der Waals surface area contributed by atoms with Gasteiger partial charge in [-0.1, -0.05) is 0 Å². The molecule has 0 radical (unpaired) electrons. The van der Waals surface area contributed by atoms with Crippen LogP contribution in [0.15, 0.2) is 36.8 Å². The van der Waals surface area contributed by atoms with Crippen molar-refractivity contribution in [1.82, 2.24) is 19.7 Å². The number of rotatable bonds is 7. The molecule has 1 saturated carbocycles. The monoisotopic (exact) mass is 448 g/mol. The third-order valence-corrected chi connectivity index (χ3v) is 6.14. The van der Waals surface area contributed by atoms with Crippen molar-refractivity contribution in [3.8, 4) is 23.1 Å². The lowest BCUT2D eigenvalue weighted by Crippen LogP contribution is -2.19. The minimum absolute atomic E-state index is 0.0331. The molecule has 1 N–H and O–H groups in total. The third-order valence-electron chi connectivity index (χ3n) is 6.14. The normalized spacial score (nSPS) is 20.3. The first-order valence-corrected chi connectivity index (χ1v) is 11.2. The summed E-state index contributed by atoms with van der Waals surface area (Å²) < 4.78 is 27.6. The number of hydrogen-bond acceptors (Lipinski definition) is 7. The van der Waals surface area contributed by atoms with Gasteiger partial charge >= 0.3 is 0 Å². The Bertz CT molecular complexity index is 1180. The molecule has 2 aromatic heterocycles. The molecule has 2 unspecified atom stereocenters. The van der Waals surface area contributed by atoms with Gasteiger partial charge in [0.15, 0.2) is 11.6 Å². The number of aryl methyl sites for hydroxylation is 1. The van der Waals surface area contributed by atoms with Crippen molar-refractivity contribution < 1.29 is 13.9 Å². The summed E-state index contributed by atoms with van der Waals surface area (Å²) in [6.07, 6.45) is 8.11. The smallest absolute Gasteiger partial charge is 0.227 e. The Labute approximate surface area is 191 Å². The molecule has 0 spiro atoms. The van der Waals surface area contributed by atoms with Crippen molar-refractivity contribution in [2.24, 2.45) is 11.8 Å². The van der Waals surface area contributed by atoms with Gasteiger partial charge in [-0.05, 0) is 49.9 Å². The highest BCUT2D eigenvalue weighted by molar-refractivity contribution is 5.65. The van der Waals surface area contributed by atoms with E-state index in [4.69, 9.17) is 14.7 Å². The summed E-state index contributed by atoms with van der Waals surface area (Å²) in [5.41, 5.74) is 2.91. The van der Waals surface area contributed by atoms with E-state index in [0.29, 0.717) is 29.9 Å². The van der Waals surface area contributed by atoms with Crippen molar-refractivity contribution in [3.63, 3.8) is 0 Å². The number of halogens is 1. The lowest BCUT2D eigenvalue weighted by Gasteiger charge is -2.22. The Morgan fingerprint density at radius 2 is 2.15 bits per heavy atom. The predicted molar refractivity (Wildman–Crippen MR) is 119 cm³/mol. The molecule has 1 saturated heterocycles. The van der Waals surface area contributed by atoms with Gasteiger partial charge in [0.25, 0.3) is 0 Å². The van der Waals surface area contributed by atoms with Crippen LogP contribution >= 0.6 is 0 Å². The fourth-order valence-corrected chi connectivity index (χ4v) is 4.03. The molecule has 3 heterocycles. The highest BCUT2D eigenvalue weighted by atomic mass is 19.1. The number of hydrogen-bond donors (Lipinski definition) is 1. The number of benzene rings is 1. The van der Waals surface area contributed by atoms with Gasteiger partial charge in [-0.3, -0.25) is 4.68 Å². The van der Waals surface area contributed by atoms with Gasteiger partial charge in [-0.15, -0.1) is 0 Å². The molecule has 1 aliphatic carbocycles. The molecule has 1 aliphatic heterocycles. The minimum atomic E-state index is -0.452. The fourth-order valence-electron chi connectivity index (χ4n) is 4.03. The molecule has 3 aromatic rings. The lowest BCUT2D eigenvalue weighted by atomic mass is 10.1. The first-order chi connectivity index (χ1) is 16.1. The van der Waals surface area contributed by atoms with Crippen molar-refractivity contribution in [1.29, 1.82) is 5.26 Å². The standard InChI is InChI=1S/C24H25FN6O2/c1-15-11-27-24(29-19-12-28-31(13-19)20-4-6-32-7-5-20)30-23(15)16-2-3-22(21(25)9-16)33-14-18-8-17(18)10-26/h2-3,9,11-13,17-18,20H,4-8,14H2,1H3,(H,27,29,30). The van der Waals surface area contributed by atoms with E-state index in [1.54, 1.807) is 24.5 Å². The van der Waals surface area contributed by atoms with Gasteiger partial charge in [0.05, 0.1) is 42.2 Å². The Hall–Kier alpha value is -3.51. The van der Waals surface area contributed by atoms with E-state index < -0.39 is 5.82 Å². The molecular weight excluding hydrogens is 423 g/mol. The van der Waals surface area contributed by atoms with E-state index in [-0.39, 0.29) is 17.6 Å². The van der Waals surface area contributed by atoms with E-state index in [2.05, 4.69) is 26.5 Å². The van der Waals surface area contributed by atoms with Crippen LogP contribution in [0, 0.1) is 35.9 Å². The maximum atomic E-state index is 14.7. The van der Waals surface area contributed by atoms with Gasteiger partial charge in [-0.25, -0.2) is 14.4 Å². The molecule has 9 heteroatoms. The quantitative estimate of drug-likeness (QED) is 0.571.